The third kappa shape index (κ3) is 3.41. The van der Waals surface area contributed by atoms with Gasteiger partial charge in [-0.3, -0.25) is 0 Å². The number of hydrogen-bond acceptors (Lipinski definition) is 1. The SMILES string of the molecule is C=C(Br)CNc1ccc(Br)cc1. The van der Waals surface area contributed by atoms with Crippen molar-refractivity contribution in [2.45, 2.75) is 0 Å². The summed E-state index contributed by atoms with van der Waals surface area (Å²) in [5, 5.41) is 3.20. The van der Waals surface area contributed by atoms with Crippen LogP contribution in [0, 0.1) is 0 Å². The summed E-state index contributed by atoms with van der Waals surface area (Å²) in [6.07, 6.45) is 0. The first-order chi connectivity index (χ1) is 5.68. The first-order valence-corrected chi connectivity index (χ1v) is 5.10. The molecule has 0 saturated heterocycles. The topological polar surface area (TPSA) is 12.0 Å². The molecule has 0 atom stereocenters. The van der Waals surface area contributed by atoms with Crippen molar-refractivity contribution in [1.82, 2.24) is 0 Å². The summed E-state index contributed by atoms with van der Waals surface area (Å²) >= 11 is 6.65. The van der Waals surface area contributed by atoms with Crippen LogP contribution in [0.5, 0.6) is 0 Å². The highest BCUT2D eigenvalue weighted by Gasteiger charge is 1.91. The van der Waals surface area contributed by atoms with Crippen molar-refractivity contribution in [1.29, 1.82) is 0 Å². The van der Waals surface area contributed by atoms with E-state index in [1.807, 2.05) is 24.3 Å². The van der Waals surface area contributed by atoms with Crippen LogP contribution < -0.4 is 5.32 Å². The van der Waals surface area contributed by atoms with Crippen molar-refractivity contribution in [3.8, 4) is 0 Å². The molecule has 12 heavy (non-hydrogen) atoms. The average molecular weight is 291 g/mol. The standard InChI is InChI=1S/C9H9Br2N/c1-7(10)6-12-9-4-2-8(11)3-5-9/h2-5,12H,1,6H2. The number of anilines is 1. The predicted octanol–water partition coefficient (Wildman–Crippen LogP) is 3.77. The van der Waals surface area contributed by atoms with Crippen molar-refractivity contribution in [2.24, 2.45) is 0 Å². The molecule has 0 aliphatic carbocycles. The fraction of sp³-hybridized carbons (Fsp3) is 0.111. The zero-order valence-electron chi connectivity index (χ0n) is 6.48. The van der Waals surface area contributed by atoms with Gasteiger partial charge < -0.3 is 5.32 Å². The molecule has 0 aliphatic heterocycles. The maximum absolute atomic E-state index is 3.73. The van der Waals surface area contributed by atoms with Gasteiger partial charge >= 0.3 is 0 Å². The van der Waals surface area contributed by atoms with Gasteiger partial charge in [0, 0.05) is 21.2 Å². The van der Waals surface area contributed by atoms with E-state index in [1.54, 1.807) is 0 Å². The zero-order valence-corrected chi connectivity index (χ0v) is 9.65. The first-order valence-electron chi connectivity index (χ1n) is 3.51. The lowest BCUT2D eigenvalue weighted by Crippen LogP contribution is -1.99. The minimum Gasteiger partial charge on any atom is -0.380 e. The van der Waals surface area contributed by atoms with Gasteiger partial charge in [0.2, 0.25) is 0 Å². The van der Waals surface area contributed by atoms with Gasteiger partial charge in [-0.2, -0.15) is 0 Å². The molecule has 0 radical (unpaired) electrons. The minimum absolute atomic E-state index is 0.752. The number of halogens is 2. The van der Waals surface area contributed by atoms with Gasteiger partial charge in [-0.25, -0.2) is 0 Å². The Morgan fingerprint density at radius 1 is 1.33 bits per heavy atom. The number of rotatable bonds is 3. The van der Waals surface area contributed by atoms with Crippen molar-refractivity contribution in [3.63, 3.8) is 0 Å². The molecular formula is C9H9Br2N. The molecule has 0 aromatic heterocycles. The number of nitrogens with one attached hydrogen (secondary N) is 1. The van der Waals surface area contributed by atoms with E-state index >= 15 is 0 Å². The molecule has 0 spiro atoms. The molecule has 1 aromatic carbocycles. The van der Waals surface area contributed by atoms with Crippen LogP contribution >= 0.6 is 31.9 Å². The largest absolute Gasteiger partial charge is 0.380 e. The normalized spacial score (nSPS) is 9.50. The van der Waals surface area contributed by atoms with Gasteiger partial charge in [-0.15, -0.1) is 0 Å². The molecule has 1 aromatic rings. The van der Waals surface area contributed by atoms with Crippen molar-refractivity contribution in [2.75, 3.05) is 11.9 Å². The van der Waals surface area contributed by atoms with Crippen molar-refractivity contribution in [3.05, 3.63) is 39.8 Å². The lowest BCUT2D eigenvalue weighted by atomic mass is 10.3. The molecule has 1 rings (SSSR count). The Morgan fingerprint density at radius 3 is 2.42 bits per heavy atom. The molecule has 0 heterocycles. The summed E-state index contributed by atoms with van der Waals surface area (Å²) in [5.41, 5.74) is 1.10. The van der Waals surface area contributed by atoms with Crippen LogP contribution in [0.15, 0.2) is 39.8 Å². The molecule has 0 fully saturated rings. The second kappa shape index (κ2) is 4.67. The van der Waals surface area contributed by atoms with Gasteiger partial charge in [-0.1, -0.05) is 38.4 Å². The molecule has 0 bridgehead atoms. The molecule has 1 nitrogen and oxygen atoms in total. The molecule has 1 N–H and O–H groups in total. The van der Waals surface area contributed by atoms with Crippen LogP contribution in [0.25, 0.3) is 0 Å². The molecule has 0 unspecified atom stereocenters. The summed E-state index contributed by atoms with van der Waals surface area (Å²) in [6.45, 7) is 4.48. The Bertz CT molecular complexity index is 266. The van der Waals surface area contributed by atoms with Gasteiger partial charge in [0.25, 0.3) is 0 Å². The Hall–Kier alpha value is -0.280. The van der Waals surface area contributed by atoms with Crippen LogP contribution in [0.1, 0.15) is 0 Å². The van der Waals surface area contributed by atoms with E-state index in [4.69, 9.17) is 0 Å². The second-order valence-corrected chi connectivity index (χ2v) is 4.41. The van der Waals surface area contributed by atoms with Gasteiger partial charge in [-0.05, 0) is 24.3 Å². The molecular weight excluding hydrogens is 282 g/mol. The van der Waals surface area contributed by atoms with E-state index in [0.29, 0.717) is 0 Å². The van der Waals surface area contributed by atoms with E-state index < -0.39 is 0 Å². The monoisotopic (exact) mass is 289 g/mol. The fourth-order valence-electron chi connectivity index (χ4n) is 0.766. The maximum atomic E-state index is 3.73. The highest BCUT2D eigenvalue weighted by molar-refractivity contribution is 9.11. The van der Waals surface area contributed by atoms with Crippen LogP contribution in [0.3, 0.4) is 0 Å². The first kappa shape index (κ1) is 9.81. The Balaban J connectivity index is 2.53. The Labute approximate surface area is 89.1 Å². The van der Waals surface area contributed by atoms with Crippen LogP contribution in [-0.2, 0) is 0 Å². The van der Waals surface area contributed by atoms with Crippen LogP contribution in [-0.4, -0.2) is 6.54 Å². The van der Waals surface area contributed by atoms with E-state index in [9.17, 15) is 0 Å². The predicted molar refractivity (Wildman–Crippen MR) is 60.7 cm³/mol. The molecule has 0 saturated carbocycles. The molecule has 3 heteroatoms. The fourth-order valence-corrected chi connectivity index (χ4v) is 1.17. The summed E-state index contributed by atoms with van der Waals surface area (Å²) in [5.74, 6) is 0. The Morgan fingerprint density at radius 2 is 1.92 bits per heavy atom. The lowest BCUT2D eigenvalue weighted by Gasteiger charge is -2.04. The quantitative estimate of drug-likeness (QED) is 0.894. The zero-order chi connectivity index (χ0) is 8.97. The van der Waals surface area contributed by atoms with E-state index in [1.165, 1.54) is 0 Å². The Kier molecular flexibility index (Phi) is 3.82. The highest BCUT2D eigenvalue weighted by atomic mass is 79.9. The van der Waals surface area contributed by atoms with E-state index in [0.717, 1.165) is 21.2 Å². The van der Waals surface area contributed by atoms with Gasteiger partial charge in [0.05, 0.1) is 0 Å². The highest BCUT2D eigenvalue weighted by Crippen LogP contribution is 2.14. The average Bonchev–Trinajstić information content (AvgIpc) is 2.03. The second-order valence-electron chi connectivity index (χ2n) is 2.38. The van der Waals surface area contributed by atoms with Gasteiger partial charge in [0.15, 0.2) is 0 Å². The summed E-state index contributed by atoms with van der Waals surface area (Å²) in [6, 6.07) is 8.03. The van der Waals surface area contributed by atoms with Crippen LogP contribution in [0.4, 0.5) is 5.69 Å². The molecule has 64 valence electrons. The lowest BCUT2D eigenvalue weighted by molar-refractivity contribution is 1.33. The van der Waals surface area contributed by atoms with Crippen molar-refractivity contribution >= 4 is 37.5 Å². The number of hydrogen-bond donors (Lipinski definition) is 1. The van der Waals surface area contributed by atoms with Crippen molar-refractivity contribution < 1.29 is 0 Å². The summed E-state index contributed by atoms with van der Waals surface area (Å²) in [7, 11) is 0. The summed E-state index contributed by atoms with van der Waals surface area (Å²) in [4.78, 5) is 0. The number of benzene rings is 1. The maximum Gasteiger partial charge on any atom is 0.0460 e. The molecule has 0 aliphatic rings. The van der Waals surface area contributed by atoms with Crippen LogP contribution in [0.2, 0.25) is 0 Å². The third-order valence-electron chi connectivity index (χ3n) is 1.33. The third-order valence-corrected chi connectivity index (χ3v) is 2.14. The van der Waals surface area contributed by atoms with Gasteiger partial charge in [0.1, 0.15) is 0 Å². The molecule has 0 amide bonds. The summed E-state index contributed by atoms with van der Waals surface area (Å²) < 4.78 is 2.04. The van der Waals surface area contributed by atoms with E-state index in [2.05, 4.69) is 43.8 Å². The smallest absolute Gasteiger partial charge is 0.0460 e. The van der Waals surface area contributed by atoms with E-state index in [-0.39, 0.29) is 0 Å². The minimum atomic E-state index is 0.752.